The summed E-state index contributed by atoms with van der Waals surface area (Å²) in [4.78, 5) is 16.3. The maximum absolute atomic E-state index is 11.0. The first-order valence-corrected chi connectivity index (χ1v) is 7.12. The van der Waals surface area contributed by atoms with E-state index in [1.165, 1.54) is 6.92 Å². The minimum absolute atomic E-state index is 0.109. The summed E-state index contributed by atoms with van der Waals surface area (Å²) in [6, 6.07) is 16.7. The van der Waals surface area contributed by atoms with E-state index in [0.717, 1.165) is 16.8 Å². The molecule has 2 aromatic carbocycles. The third kappa shape index (κ3) is 4.68. The quantitative estimate of drug-likeness (QED) is 0.679. The number of rotatable bonds is 5. The third-order valence-corrected chi connectivity index (χ3v) is 3.18. The van der Waals surface area contributed by atoms with Crippen molar-refractivity contribution in [2.45, 2.75) is 20.5 Å². The number of oxime groups is 1. The van der Waals surface area contributed by atoms with E-state index in [1.807, 2.05) is 37.3 Å². The van der Waals surface area contributed by atoms with E-state index in [-0.39, 0.29) is 12.5 Å². The number of nitrogens with zero attached hydrogens (tertiary/aromatic N) is 2. The number of carbonyl (C=O) groups is 1. The number of nitriles is 1. The number of hydrogen-bond acceptors (Lipinski definition) is 4. The van der Waals surface area contributed by atoms with Crippen molar-refractivity contribution in [2.75, 3.05) is 5.32 Å². The molecule has 1 N–H and O–H groups in total. The number of benzene rings is 2. The lowest BCUT2D eigenvalue weighted by Crippen LogP contribution is -2.06. The van der Waals surface area contributed by atoms with Crippen LogP contribution in [0.15, 0.2) is 53.7 Å². The first-order valence-electron chi connectivity index (χ1n) is 7.12. The first kappa shape index (κ1) is 16.2. The van der Waals surface area contributed by atoms with Crippen molar-refractivity contribution < 1.29 is 9.63 Å². The van der Waals surface area contributed by atoms with Crippen LogP contribution in [-0.2, 0) is 16.2 Å². The highest BCUT2D eigenvalue weighted by molar-refractivity contribution is 5.99. The molecule has 0 saturated heterocycles. The Morgan fingerprint density at radius 2 is 1.87 bits per heavy atom. The lowest BCUT2D eigenvalue weighted by Gasteiger charge is -2.06. The van der Waals surface area contributed by atoms with E-state index in [4.69, 9.17) is 10.1 Å². The van der Waals surface area contributed by atoms with Crippen molar-refractivity contribution >= 4 is 17.3 Å². The molecular formula is C18H17N3O2. The van der Waals surface area contributed by atoms with Crippen LogP contribution >= 0.6 is 0 Å². The van der Waals surface area contributed by atoms with Gasteiger partial charge in [0.1, 0.15) is 6.61 Å². The number of anilines is 1. The maximum atomic E-state index is 11.0. The molecule has 0 bridgehead atoms. The first-order chi connectivity index (χ1) is 11.1. The molecule has 0 unspecified atom stereocenters. The van der Waals surface area contributed by atoms with Gasteiger partial charge in [0, 0.05) is 18.2 Å². The summed E-state index contributed by atoms with van der Waals surface area (Å²) in [5, 5.41) is 15.8. The molecule has 2 rings (SSSR count). The van der Waals surface area contributed by atoms with Crippen LogP contribution in [0.5, 0.6) is 0 Å². The standard InChI is InChI=1S/C18H17N3O2/c1-13(15-7-9-18(10-8-15)20-14(2)22)21-23-12-17-6-4-3-5-16(17)11-19/h3-10H,12H2,1-2H3,(H,20,22). The Hall–Kier alpha value is -3.13. The van der Waals surface area contributed by atoms with E-state index >= 15 is 0 Å². The third-order valence-electron chi connectivity index (χ3n) is 3.18. The summed E-state index contributed by atoms with van der Waals surface area (Å²) >= 11 is 0. The van der Waals surface area contributed by atoms with Crippen LogP contribution in [0.1, 0.15) is 30.5 Å². The minimum atomic E-state index is -0.109. The Morgan fingerprint density at radius 1 is 1.17 bits per heavy atom. The Bertz CT molecular complexity index is 759. The molecule has 0 saturated carbocycles. The second-order valence-electron chi connectivity index (χ2n) is 4.98. The van der Waals surface area contributed by atoms with Gasteiger partial charge in [0.15, 0.2) is 0 Å². The van der Waals surface area contributed by atoms with Gasteiger partial charge in [0.25, 0.3) is 0 Å². The van der Waals surface area contributed by atoms with Gasteiger partial charge in [-0.2, -0.15) is 5.26 Å². The van der Waals surface area contributed by atoms with Crippen LogP contribution in [-0.4, -0.2) is 11.6 Å². The Morgan fingerprint density at radius 3 is 2.52 bits per heavy atom. The molecule has 2 aromatic rings. The molecule has 0 aromatic heterocycles. The van der Waals surface area contributed by atoms with Gasteiger partial charge in [0.2, 0.25) is 5.91 Å². The Kier molecular flexibility index (Phi) is 5.48. The summed E-state index contributed by atoms with van der Waals surface area (Å²) in [6.45, 7) is 3.54. The van der Waals surface area contributed by atoms with Gasteiger partial charge in [-0.3, -0.25) is 4.79 Å². The van der Waals surface area contributed by atoms with Crippen molar-refractivity contribution in [1.29, 1.82) is 5.26 Å². The summed E-state index contributed by atoms with van der Waals surface area (Å²) in [5.41, 5.74) is 3.73. The molecule has 0 radical (unpaired) electrons. The van der Waals surface area contributed by atoms with Crippen LogP contribution < -0.4 is 5.32 Å². The average Bonchev–Trinajstić information content (AvgIpc) is 2.55. The van der Waals surface area contributed by atoms with Gasteiger partial charge in [0.05, 0.1) is 17.3 Å². The van der Waals surface area contributed by atoms with E-state index in [2.05, 4.69) is 16.5 Å². The summed E-state index contributed by atoms with van der Waals surface area (Å²) in [7, 11) is 0. The highest BCUT2D eigenvalue weighted by Crippen LogP contribution is 2.12. The van der Waals surface area contributed by atoms with Crippen LogP contribution in [0.4, 0.5) is 5.69 Å². The molecule has 1 amide bonds. The van der Waals surface area contributed by atoms with Gasteiger partial charge in [-0.25, -0.2) is 0 Å². The maximum Gasteiger partial charge on any atom is 0.221 e. The van der Waals surface area contributed by atoms with Crippen LogP contribution in [0, 0.1) is 11.3 Å². The zero-order chi connectivity index (χ0) is 16.7. The summed E-state index contributed by atoms with van der Waals surface area (Å²) < 4.78 is 0. The number of carbonyl (C=O) groups excluding carboxylic acids is 1. The van der Waals surface area contributed by atoms with Gasteiger partial charge in [-0.15, -0.1) is 0 Å². The Labute approximate surface area is 135 Å². The molecule has 116 valence electrons. The second kappa shape index (κ2) is 7.76. The monoisotopic (exact) mass is 307 g/mol. The van der Waals surface area contributed by atoms with Crippen LogP contribution in [0.2, 0.25) is 0 Å². The lowest BCUT2D eigenvalue weighted by molar-refractivity contribution is -0.114. The SMILES string of the molecule is CC(=O)Nc1ccc(C(C)=NOCc2ccccc2C#N)cc1. The molecule has 5 nitrogen and oxygen atoms in total. The smallest absolute Gasteiger partial charge is 0.221 e. The van der Waals surface area contributed by atoms with E-state index in [1.54, 1.807) is 18.2 Å². The van der Waals surface area contributed by atoms with Gasteiger partial charge >= 0.3 is 0 Å². The normalized spacial score (nSPS) is 10.7. The van der Waals surface area contributed by atoms with Crippen LogP contribution in [0.25, 0.3) is 0 Å². The topological polar surface area (TPSA) is 74.5 Å². The Balaban J connectivity index is 2.00. The van der Waals surface area contributed by atoms with Crippen molar-refractivity contribution in [2.24, 2.45) is 5.16 Å². The molecule has 0 aliphatic heterocycles. The van der Waals surface area contributed by atoms with Gasteiger partial charge < -0.3 is 10.2 Å². The van der Waals surface area contributed by atoms with Crippen LogP contribution in [0.3, 0.4) is 0 Å². The molecular weight excluding hydrogens is 290 g/mol. The van der Waals surface area contributed by atoms with Crippen molar-refractivity contribution in [3.8, 4) is 6.07 Å². The van der Waals surface area contributed by atoms with Gasteiger partial charge in [-0.05, 0) is 30.7 Å². The predicted molar refractivity (Wildman–Crippen MR) is 88.9 cm³/mol. The number of amides is 1. The lowest BCUT2D eigenvalue weighted by atomic mass is 10.1. The fraction of sp³-hybridized carbons (Fsp3) is 0.167. The van der Waals surface area contributed by atoms with Gasteiger partial charge in [-0.1, -0.05) is 35.5 Å². The van der Waals surface area contributed by atoms with Crippen molar-refractivity contribution in [1.82, 2.24) is 0 Å². The molecule has 0 atom stereocenters. The molecule has 23 heavy (non-hydrogen) atoms. The fourth-order valence-corrected chi connectivity index (χ4v) is 2.00. The fourth-order valence-electron chi connectivity index (χ4n) is 2.00. The molecule has 5 heteroatoms. The largest absolute Gasteiger partial charge is 0.391 e. The summed E-state index contributed by atoms with van der Waals surface area (Å²) in [6.07, 6.45) is 0. The zero-order valence-corrected chi connectivity index (χ0v) is 13.0. The number of hydrogen-bond donors (Lipinski definition) is 1. The molecule has 0 spiro atoms. The average molecular weight is 307 g/mol. The zero-order valence-electron chi connectivity index (χ0n) is 13.0. The molecule has 0 aliphatic carbocycles. The molecule has 0 heterocycles. The second-order valence-corrected chi connectivity index (χ2v) is 4.98. The molecule has 0 fully saturated rings. The van der Waals surface area contributed by atoms with Crippen molar-refractivity contribution in [3.63, 3.8) is 0 Å². The highest BCUT2D eigenvalue weighted by atomic mass is 16.6. The minimum Gasteiger partial charge on any atom is -0.391 e. The van der Waals surface area contributed by atoms with E-state index in [0.29, 0.717) is 11.3 Å². The van der Waals surface area contributed by atoms with Crippen molar-refractivity contribution in [3.05, 3.63) is 65.2 Å². The highest BCUT2D eigenvalue weighted by Gasteiger charge is 2.02. The summed E-state index contributed by atoms with van der Waals surface area (Å²) in [5.74, 6) is -0.109. The number of nitrogens with one attached hydrogen (secondary N) is 1. The molecule has 0 aliphatic rings. The van der Waals surface area contributed by atoms with E-state index in [9.17, 15) is 4.79 Å². The van der Waals surface area contributed by atoms with E-state index < -0.39 is 0 Å². The predicted octanol–water partition coefficient (Wildman–Crippen LogP) is 3.46.